The number of aromatic nitrogens is 4. The maximum atomic E-state index is 10.3. The number of imidazole rings is 1. The summed E-state index contributed by atoms with van der Waals surface area (Å²) in [4.78, 5) is 13.3. The van der Waals surface area contributed by atoms with Gasteiger partial charge in [0, 0.05) is 13.2 Å². The van der Waals surface area contributed by atoms with E-state index in [0.29, 0.717) is 17.2 Å². The fraction of sp³-hybridized carbons (Fsp3) is 0.722. The van der Waals surface area contributed by atoms with Crippen molar-refractivity contribution in [2.75, 3.05) is 19.0 Å². The van der Waals surface area contributed by atoms with Crippen LogP contribution in [0.25, 0.3) is 11.2 Å². The first-order chi connectivity index (χ1) is 13.2. The highest BCUT2D eigenvalue weighted by Crippen LogP contribution is 2.34. The fourth-order valence-corrected chi connectivity index (χ4v) is 4.11. The van der Waals surface area contributed by atoms with E-state index in [1.54, 1.807) is 10.9 Å². The lowest BCUT2D eigenvalue weighted by molar-refractivity contribution is -0.0583. The topological polar surface area (TPSA) is 115 Å². The van der Waals surface area contributed by atoms with Crippen molar-refractivity contribution < 1.29 is 19.7 Å². The van der Waals surface area contributed by atoms with Crippen LogP contribution in [-0.2, 0) is 9.47 Å². The highest BCUT2D eigenvalue weighted by atomic mass is 16.6. The molecule has 9 nitrogen and oxygen atoms in total. The van der Waals surface area contributed by atoms with Crippen LogP contribution in [0.1, 0.15) is 44.8 Å². The van der Waals surface area contributed by atoms with Gasteiger partial charge in [-0.2, -0.15) is 0 Å². The van der Waals surface area contributed by atoms with Crippen LogP contribution in [-0.4, -0.2) is 67.8 Å². The van der Waals surface area contributed by atoms with E-state index in [0.717, 1.165) is 18.7 Å². The Balaban J connectivity index is 1.62. The minimum atomic E-state index is -0.923. The molecule has 3 N–H and O–H groups in total. The third-order valence-corrected chi connectivity index (χ3v) is 5.59. The third-order valence-electron chi connectivity index (χ3n) is 5.59. The molecule has 4 rings (SSSR count). The van der Waals surface area contributed by atoms with Crippen molar-refractivity contribution >= 4 is 17.0 Å². The van der Waals surface area contributed by atoms with Crippen molar-refractivity contribution in [2.24, 2.45) is 0 Å². The molecule has 1 aliphatic heterocycles. The summed E-state index contributed by atoms with van der Waals surface area (Å²) < 4.78 is 13.0. The van der Waals surface area contributed by atoms with Crippen molar-refractivity contribution in [1.82, 2.24) is 19.5 Å². The van der Waals surface area contributed by atoms with Gasteiger partial charge in [-0.15, -0.1) is 0 Å². The van der Waals surface area contributed by atoms with E-state index in [1.807, 2.05) is 0 Å². The predicted octanol–water partition coefficient (Wildman–Crippen LogP) is 1.23. The SMILES string of the molecule is CO[C@@H]1[C@H](O)[C@@H](CO)O[C@H]1n1cnc2c(NC3CCCCCC3)ncnc21. The predicted molar refractivity (Wildman–Crippen MR) is 98.2 cm³/mol. The number of nitrogens with zero attached hydrogens (tertiary/aromatic N) is 4. The number of hydrogen-bond acceptors (Lipinski definition) is 8. The summed E-state index contributed by atoms with van der Waals surface area (Å²) in [6.45, 7) is -0.284. The number of aliphatic hydroxyl groups is 2. The molecule has 1 saturated carbocycles. The molecule has 1 saturated heterocycles. The highest BCUT2D eigenvalue weighted by molar-refractivity contribution is 5.82. The number of ether oxygens (including phenoxy) is 2. The van der Waals surface area contributed by atoms with E-state index in [-0.39, 0.29) is 6.61 Å². The molecule has 2 aliphatic rings. The molecule has 0 radical (unpaired) electrons. The molecule has 27 heavy (non-hydrogen) atoms. The van der Waals surface area contributed by atoms with Gasteiger partial charge in [0.2, 0.25) is 0 Å². The monoisotopic (exact) mass is 377 g/mol. The summed E-state index contributed by atoms with van der Waals surface area (Å²) in [5, 5.41) is 23.3. The first kappa shape index (κ1) is 18.5. The number of anilines is 1. The second kappa shape index (κ2) is 8.05. The molecule has 0 bridgehead atoms. The van der Waals surface area contributed by atoms with Crippen LogP contribution >= 0.6 is 0 Å². The van der Waals surface area contributed by atoms with Crippen molar-refractivity contribution in [3.8, 4) is 0 Å². The Kier molecular flexibility index (Phi) is 5.53. The molecule has 9 heteroatoms. The Labute approximate surface area is 157 Å². The van der Waals surface area contributed by atoms with Gasteiger partial charge in [-0.25, -0.2) is 15.0 Å². The van der Waals surface area contributed by atoms with Gasteiger partial charge < -0.3 is 25.0 Å². The van der Waals surface area contributed by atoms with Crippen LogP contribution in [0.5, 0.6) is 0 Å². The Morgan fingerprint density at radius 2 is 2.00 bits per heavy atom. The Hall–Kier alpha value is -1.81. The quantitative estimate of drug-likeness (QED) is 0.667. The largest absolute Gasteiger partial charge is 0.394 e. The van der Waals surface area contributed by atoms with Gasteiger partial charge in [0.1, 0.15) is 24.6 Å². The van der Waals surface area contributed by atoms with Crippen molar-refractivity contribution in [3.05, 3.63) is 12.7 Å². The molecular formula is C18H27N5O4. The number of hydrogen-bond donors (Lipinski definition) is 3. The molecule has 0 unspecified atom stereocenters. The lowest BCUT2D eigenvalue weighted by atomic mass is 10.1. The maximum absolute atomic E-state index is 10.3. The summed E-state index contributed by atoms with van der Waals surface area (Å²) >= 11 is 0. The molecule has 3 heterocycles. The van der Waals surface area contributed by atoms with Crippen LogP contribution in [0.4, 0.5) is 5.82 Å². The first-order valence-corrected chi connectivity index (χ1v) is 9.64. The minimum Gasteiger partial charge on any atom is -0.394 e. The molecule has 1 aliphatic carbocycles. The molecular weight excluding hydrogens is 350 g/mol. The standard InChI is InChI=1S/C18H27N5O4/c1-26-15-14(25)12(8-24)27-18(15)23-10-21-13-16(19-9-20-17(13)23)22-11-6-4-2-3-5-7-11/h9-12,14-15,18,24-25H,2-8H2,1H3,(H,19,20,22)/t12-,14-,15-,18-/m1/s1. The van der Waals surface area contributed by atoms with E-state index in [1.165, 1.54) is 39.1 Å². The Morgan fingerprint density at radius 1 is 1.22 bits per heavy atom. The van der Waals surface area contributed by atoms with Gasteiger partial charge in [0.05, 0.1) is 12.9 Å². The summed E-state index contributed by atoms with van der Waals surface area (Å²) in [5.74, 6) is 0.719. The number of nitrogens with one attached hydrogen (secondary N) is 1. The Bertz CT molecular complexity index is 761. The highest BCUT2D eigenvalue weighted by Gasteiger charge is 2.45. The van der Waals surface area contributed by atoms with E-state index < -0.39 is 24.5 Å². The average Bonchev–Trinajstić information content (AvgIpc) is 3.14. The second-order valence-corrected chi connectivity index (χ2v) is 7.32. The molecule has 0 amide bonds. The van der Waals surface area contributed by atoms with Crippen LogP contribution in [0.15, 0.2) is 12.7 Å². The molecule has 2 aromatic heterocycles. The van der Waals surface area contributed by atoms with E-state index in [2.05, 4.69) is 20.3 Å². The molecule has 148 valence electrons. The smallest absolute Gasteiger partial charge is 0.167 e. The first-order valence-electron chi connectivity index (χ1n) is 9.64. The summed E-state index contributed by atoms with van der Waals surface area (Å²) in [6.07, 6.45) is 7.57. The summed E-state index contributed by atoms with van der Waals surface area (Å²) in [6, 6.07) is 0.394. The van der Waals surface area contributed by atoms with Crippen molar-refractivity contribution in [3.63, 3.8) is 0 Å². The maximum Gasteiger partial charge on any atom is 0.167 e. The molecule has 0 spiro atoms. The summed E-state index contributed by atoms with van der Waals surface area (Å²) in [7, 11) is 1.51. The number of aliphatic hydroxyl groups excluding tert-OH is 2. The zero-order valence-corrected chi connectivity index (χ0v) is 15.5. The lowest BCUT2D eigenvalue weighted by Gasteiger charge is -2.20. The zero-order valence-electron chi connectivity index (χ0n) is 15.5. The van der Waals surface area contributed by atoms with Crippen molar-refractivity contribution in [2.45, 2.75) is 69.1 Å². The zero-order chi connectivity index (χ0) is 18.8. The van der Waals surface area contributed by atoms with Crippen molar-refractivity contribution in [1.29, 1.82) is 0 Å². The van der Waals surface area contributed by atoms with E-state index in [9.17, 15) is 10.2 Å². The van der Waals surface area contributed by atoms with Gasteiger partial charge in [-0.05, 0) is 12.8 Å². The molecule has 2 aromatic rings. The van der Waals surface area contributed by atoms with Crippen LogP contribution in [0.3, 0.4) is 0 Å². The van der Waals surface area contributed by atoms with Crippen LogP contribution in [0, 0.1) is 0 Å². The second-order valence-electron chi connectivity index (χ2n) is 7.32. The van der Waals surface area contributed by atoms with Gasteiger partial charge in [-0.1, -0.05) is 25.7 Å². The normalized spacial score (nSPS) is 29.9. The number of rotatable bonds is 5. The van der Waals surface area contributed by atoms with E-state index >= 15 is 0 Å². The van der Waals surface area contributed by atoms with Gasteiger partial charge in [0.25, 0.3) is 0 Å². The Morgan fingerprint density at radius 3 is 2.70 bits per heavy atom. The molecule has 4 atom stereocenters. The van der Waals surface area contributed by atoms with Crippen LogP contribution < -0.4 is 5.32 Å². The number of methoxy groups -OCH3 is 1. The third kappa shape index (κ3) is 3.52. The average molecular weight is 377 g/mol. The van der Waals surface area contributed by atoms with Gasteiger partial charge >= 0.3 is 0 Å². The molecule has 2 fully saturated rings. The minimum absolute atomic E-state index is 0.284. The van der Waals surface area contributed by atoms with E-state index in [4.69, 9.17) is 9.47 Å². The molecule has 0 aromatic carbocycles. The number of fused-ring (bicyclic) bond motifs is 1. The lowest BCUT2D eigenvalue weighted by Crippen LogP contribution is -2.34. The summed E-state index contributed by atoms with van der Waals surface area (Å²) in [5.41, 5.74) is 1.28. The van der Waals surface area contributed by atoms with Gasteiger partial charge in [0.15, 0.2) is 23.2 Å². The fourth-order valence-electron chi connectivity index (χ4n) is 4.11. The van der Waals surface area contributed by atoms with Gasteiger partial charge in [-0.3, -0.25) is 4.57 Å². The van der Waals surface area contributed by atoms with Crippen LogP contribution in [0.2, 0.25) is 0 Å².